The molecule has 1 aliphatic rings. The Hall–Kier alpha value is -1.25. The first kappa shape index (κ1) is 18.1. The highest BCUT2D eigenvalue weighted by molar-refractivity contribution is 7.89. The molecule has 1 saturated heterocycles. The number of aromatic nitrogens is 2. The largest absolute Gasteiger partial charge is 0.379 e. The molecule has 0 bridgehead atoms. The highest BCUT2D eigenvalue weighted by Crippen LogP contribution is 2.25. The monoisotopic (exact) mass is 343 g/mol. The third kappa shape index (κ3) is 3.64. The number of Topliss-reactive ketones (excluding diaryl/α,β-unsaturated/α-hetero) is 1. The Kier molecular flexibility index (Phi) is 4.98. The second-order valence-corrected chi connectivity index (χ2v) is 8.72. The lowest BCUT2D eigenvalue weighted by Gasteiger charge is -2.26. The van der Waals surface area contributed by atoms with Crippen molar-refractivity contribution in [2.24, 2.45) is 5.41 Å². The van der Waals surface area contributed by atoms with Gasteiger partial charge in [-0.2, -0.15) is 9.40 Å². The Bertz CT molecular complexity index is 695. The Morgan fingerprint density at radius 3 is 2.30 bits per heavy atom. The van der Waals surface area contributed by atoms with E-state index in [1.807, 2.05) is 20.8 Å². The first-order chi connectivity index (χ1) is 10.5. The summed E-state index contributed by atoms with van der Waals surface area (Å²) in [6.45, 7) is 10.4. The van der Waals surface area contributed by atoms with E-state index in [9.17, 15) is 13.2 Å². The van der Waals surface area contributed by atoms with Crippen LogP contribution in [-0.4, -0.2) is 54.6 Å². The van der Waals surface area contributed by atoms with E-state index < -0.39 is 15.4 Å². The lowest BCUT2D eigenvalue weighted by molar-refractivity contribution is -0.127. The minimum Gasteiger partial charge on any atom is -0.379 e. The van der Waals surface area contributed by atoms with Crippen molar-refractivity contribution in [2.45, 2.75) is 46.1 Å². The van der Waals surface area contributed by atoms with E-state index in [2.05, 4.69) is 5.10 Å². The van der Waals surface area contributed by atoms with Gasteiger partial charge in [0.15, 0.2) is 5.78 Å². The summed E-state index contributed by atoms with van der Waals surface area (Å²) in [5.41, 5.74) is 0.442. The van der Waals surface area contributed by atoms with Crippen molar-refractivity contribution in [2.75, 3.05) is 26.3 Å². The minimum absolute atomic E-state index is 0.0124. The van der Waals surface area contributed by atoms with E-state index in [1.165, 1.54) is 8.99 Å². The van der Waals surface area contributed by atoms with Crippen LogP contribution in [0.15, 0.2) is 4.90 Å². The molecule has 1 fully saturated rings. The standard InChI is InChI=1S/C15H25N3O4S/c1-11-14(23(20,21)17-6-8-22-9-7-17)12(2)18(16-11)10-13(19)15(3,4)5/h6-10H2,1-5H3. The van der Waals surface area contributed by atoms with Crippen molar-refractivity contribution in [3.8, 4) is 0 Å². The Morgan fingerprint density at radius 2 is 1.78 bits per heavy atom. The van der Waals surface area contributed by atoms with Gasteiger partial charge in [-0.1, -0.05) is 20.8 Å². The number of aryl methyl sites for hydroxylation is 1. The summed E-state index contributed by atoms with van der Waals surface area (Å²) in [4.78, 5) is 12.4. The molecule has 0 saturated carbocycles. The molecule has 0 aromatic carbocycles. The SMILES string of the molecule is Cc1nn(CC(=O)C(C)(C)C)c(C)c1S(=O)(=O)N1CCOCC1. The van der Waals surface area contributed by atoms with E-state index in [0.717, 1.165) is 0 Å². The second-order valence-electron chi connectivity index (χ2n) is 6.85. The van der Waals surface area contributed by atoms with Crippen LogP contribution in [0.4, 0.5) is 0 Å². The van der Waals surface area contributed by atoms with E-state index >= 15 is 0 Å². The Morgan fingerprint density at radius 1 is 1.22 bits per heavy atom. The van der Waals surface area contributed by atoms with Crippen LogP contribution in [0.3, 0.4) is 0 Å². The Balaban J connectivity index is 2.36. The highest BCUT2D eigenvalue weighted by atomic mass is 32.2. The summed E-state index contributed by atoms with van der Waals surface area (Å²) in [5, 5.41) is 4.28. The predicted octanol–water partition coefficient (Wildman–Crippen LogP) is 1.14. The molecule has 1 aromatic rings. The van der Waals surface area contributed by atoms with Gasteiger partial charge in [-0.05, 0) is 13.8 Å². The fourth-order valence-electron chi connectivity index (χ4n) is 2.50. The summed E-state index contributed by atoms with van der Waals surface area (Å²) >= 11 is 0. The molecular formula is C15H25N3O4S. The number of ketones is 1. The number of nitrogens with zero attached hydrogens (tertiary/aromatic N) is 3. The molecule has 0 atom stereocenters. The molecule has 0 unspecified atom stereocenters. The quantitative estimate of drug-likeness (QED) is 0.819. The molecule has 130 valence electrons. The fourth-order valence-corrected chi connectivity index (χ4v) is 4.28. The van der Waals surface area contributed by atoms with Gasteiger partial charge in [0, 0.05) is 18.5 Å². The molecule has 0 radical (unpaired) electrons. The molecular weight excluding hydrogens is 318 g/mol. The summed E-state index contributed by atoms with van der Waals surface area (Å²) in [6, 6.07) is 0. The minimum atomic E-state index is -3.62. The van der Waals surface area contributed by atoms with Crippen molar-refractivity contribution >= 4 is 15.8 Å². The molecule has 0 spiro atoms. The highest BCUT2D eigenvalue weighted by Gasteiger charge is 2.33. The summed E-state index contributed by atoms with van der Waals surface area (Å²) in [6.07, 6.45) is 0. The molecule has 1 aliphatic heterocycles. The number of morpholine rings is 1. The van der Waals surface area contributed by atoms with E-state index in [4.69, 9.17) is 4.74 Å². The summed E-state index contributed by atoms with van der Waals surface area (Å²) < 4.78 is 33.8. The smallest absolute Gasteiger partial charge is 0.246 e. The molecule has 0 N–H and O–H groups in total. The van der Waals surface area contributed by atoms with Gasteiger partial charge < -0.3 is 4.74 Å². The van der Waals surface area contributed by atoms with Gasteiger partial charge in [-0.3, -0.25) is 9.48 Å². The van der Waals surface area contributed by atoms with Crippen LogP contribution in [-0.2, 0) is 26.1 Å². The van der Waals surface area contributed by atoms with Crippen molar-refractivity contribution in [3.05, 3.63) is 11.4 Å². The summed E-state index contributed by atoms with van der Waals surface area (Å²) in [5.74, 6) is 0.0124. The molecule has 1 aromatic heterocycles. The van der Waals surface area contributed by atoms with Crippen LogP contribution in [0, 0.1) is 19.3 Å². The first-order valence-corrected chi connectivity index (χ1v) is 9.14. The van der Waals surface area contributed by atoms with Crippen LogP contribution in [0.25, 0.3) is 0 Å². The lowest BCUT2D eigenvalue weighted by Crippen LogP contribution is -2.41. The lowest BCUT2D eigenvalue weighted by atomic mass is 9.91. The van der Waals surface area contributed by atoms with E-state index in [0.29, 0.717) is 37.7 Å². The number of hydrogen-bond acceptors (Lipinski definition) is 5. The van der Waals surface area contributed by atoms with Crippen molar-refractivity contribution in [1.82, 2.24) is 14.1 Å². The third-order valence-electron chi connectivity index (χ3n) is 4.01. The van der Waals surface area contributed by atoms with Crippen molar-refractivity contribution in [3.63, 3.8) is 0 Å². The first-order valence-electron chi connectivity index (χ1n) is 7.70. The number of rotatable bonds is 4. The molecule has 0 amide bonds. The fraction of sp³-hybridized carbons (Fsp3) is 0.733. The van der Waals surface area contributed by atoms with Gasteiger partial charge in [0.2, 0.25) is 10.0 Å². The van der Waals surface area contributed by atoms with Crippen molar-refractivity contribution in [1.29, 1.82) is 0 Å². The molecule has 2 heterocycles. The van der Waals surface area contributed by atoms with Gasteiger partial charge >= 0.3 is 0 Å². The van der Waals surface area contributed by atoms with Gasteiger partial charge in [-0.25, -0.2) is 8.42 Å². The average molecular weight is 343 g/mol. The number of ether oxygens (including phenoxy) is 1. The van der Waals surface area contributed by atoms with Gasteiger partial charge in [0.1, 0.15) is 11.4 Å². The normalized spacial score (nSPS) is 17.4. The van der Waals surface area contributed by atoms with E-state index in [1.54, 1.807) is 13.8 Å². The topological polar surface area (TPSA) is 81.5 Å². The van der Waals surface area contributed by atoms with Gasteiger partial charge in [0.25, 0.3) is 0 Å². The number of carbonyl (C=O) groups excluding carboxylic acids is 1. The second kappa shape index (κ2) is 6.33. The van der Waals surface area contributed by atoms with Gasteiger partial charge in [0.05, 0.1) is 24.6 Å². The molecule has 2 rings (SSSR count). The number of hydrogen-bond donors (Lipinski definition) is 0. The maximum atomic E-state index is 12.9. The predicted molar refractivity (Wildman–Crippen MR) is 85.7 cm³/mol. The van der Waals surface area contributed by atoms with Gasteiger partial charge in [-0.15, -0.1) is 0 Å². The summed E-state index contributed by atoms with van der Waals surface area (Å²) in [7, 11) is -3.62. The molecule has 7 nitrogen and oxygen atoms in total. The average Bonchev–Trinajstić information content (AvgIpc) is 2.73. The van der Waals surface area contributed by atoms with Crippen LogP contribution in [0.1, 0.15) is 32.2 Å². The maximum Gasteiger partial charge on any atom is 0.246 e. The third-order valence-corrected chi connectivity index (χ3v) is 6.16. The van der Waals surface area contributed by atoms with Crippen LogP contribution in [0.2, 0.25) is 0 Å². The maximum absolute atomic E-state index is 12.9. The molecule has 8 heteroatoms. The van der Waals surface area contributed by atoms with E-state index in [-0.39, 0.29) is 17.2 Å². The van der Waals surface area contributed by atoms with Crippen LogP contribution in [0.5, 0.6) is 0 Å². The number of sulfonamides is 1. The van der Waals surface area contributed by atoms with Crippen LogP contribution >= 0.6 is 0 Å². The molecule has 0 aliphatic carbocycles. The zero-order valence-electron chi connectivity index (χ0n) is 14.4. The number of carbonyl (C=O) groups is 1. The van der Waals surface area contributed by atoms with Crippen LogP contribution < -0.4 is 0 Å². The zero-order chi connectivity index (χ0) is 17.4. The zero-order valence-corrected chi connectivity index (χ0v) is 15.2. The molecule has 23 heavy (non-hydrogen) atoms. The Labute approximate surface area is 137 Å². The van der Waals surface area contributed by atoms with Crippen molar-refractivity contribution < 1.29 is 17.9 Å².